The summed E-state index contributed by atoms with van der Waals surface area (Å²) < 4.78 is 40.2. The Morgan fingerprint density at radius 1 is 1.04 bits per heavy atom. The van der Waals surface area contributed by atoms with E-state index in [1.807, 2.05) is 12.1 Å². The quantitative estimate of drug-likeness (QED) is 0.818. The standard InChI is InChI=1S/C19H27F3N4O/c20-19(21,22)17(26-12-8-23-9-13-26)14-24-18(27)15-4-6-16(7-5-15)25-10-2-1-3-11-25/h4-7,17,23H,1-3,8-14H2,(H,24,27). The summed E-state index contributed by atoms with van der Waals surface area (Å²) in [5, 5.41) is 5.51. The van der Waals surface area contributed by atoms with Crippen molar-refractivity contribution in [1.82, 2.24) is 15.5 Å². The molecule has 0 spiro atoms. The molecule has 2 aliphatic heterocycles. The lowest BCUT2D eigenvalue weighted by molar-refractivity contribution is -0.183. The van der Waals surface area contributed by atoms with Gasteiger partial charge in [-0.25, -0.2) is 0 Å². The van der Waals surface area contributed by atoms with E-state index in [-0.39, 0.29) is 0 Å². The number of nitrogens with zero attached hydrogens (tertiary/aromatic N) is 2. The van der Waals surface area contributed by atoms with Crippen LogP contribution in [0, 0.1) is 0 Å². The number of alkyl halides is 3. The number of carbonyl (C=O) groups is 1. The van der Waals surface area contributed by atoms with E-state index in [9.17, 15) is 18.0 Å². The van der Waals surface area contributed by atoms with Crippen LogP contribution in [-0.2, 0) is 0 Å². The van der Waals surface area contributed by atoms with Crippen LogP contribution in [0.4, 0.5) is 18.9 Å². The predicted octanol–water partition coefficient (Wildman–Crippen LogP) is 2.24. The second kappa shape index (κ2) is 8.93. The Kier molecular flexibility index (Phi) is 6.59. The maximum atomic E-state index is 13.4. The van der Waals surface area contributed by atoms with E-state index in [4.69, 9.17) is 0 Å². The molecule has 2 fully saturated rings. The molecular formula is C19H27F3N4O. The molecule has 1 amide bonds. The minimum atomic E-state index is -4.37. The van der Waals surface area contributed by atoms with Gasteiger partial charge < -0.3 is 15.5 Å². The van der Waals surface area contributed by atoms with Crippen molar-refractivity contribution in [3.63, 3.8) is 0 Å². The van der Waals surface area contributed by atoms with E-state index in [0.29, 0.717) is 31.7 Å². The molecule has 1 aromatic rings. The average Bonchev–Trinajstić information content (AvgIpc) is 2.68. The molecule has 0 aliphatic carbocycles. The van der Waals surface area contributed by atoms with Crippen LogP contribution in [0.15, 0.2) is 24.3 Å². The molecule has 1 unspecified atom stereocenters. The fraction of sp³-hybridized carbons (Fsp3) is 0.632. The Morgan fingerprint density at radius 3 is 2.26 bits per heavy atom. The lowest BCUT2D eigenvalue weighted by Gasteiger charge is -2.35. The first-order chi connectivity index (χ1) is 12.9. The number of hydrogen-bond donors (Lipinski definition) is 2. The zero-order valence-corrected chi connectivity index (χ0v) is 15.4. The van der Waals surface area contributed by atoms with Crippen molar-refractivity contribution in [3.8, 4) is 0 Å². The van der Waals surface area contributed by atoms with Crippen molar-refractivity contribution in [1.29, 1.82) is 0 Å². The highest BCUT2D eigenvalue weighted by atomic mass is 19.4. The summed E-state index contributed by atoms with van der Waals surface area (Å²) in [4.78, 5) is 16.0. The monoisotopic (exact) mass is 384 g/mol. The van der Waals surface area contributed by atoms with Crippen LogP contribution in [0.25, 0.3) is 0 Å². The lowest BCUT2D eigenvalue weighted by Crippen LogP contribution is -2.57. The highest BCUT2D eigenvalue weighted by Crippen LogP contribution is 2.25. The fourth-order valence-electron chi connectivity index (χ4n) is 3.71. The largest absolute Gasteiger partial charge is 0.405 e. The highest BCUT2D eigenvalue weighted by molar-refractivity contribution is 5.94. The molecule has 1 aromatic carbocycles. The molecule has 2 heterocycles. The van der Waals surface area contributed by atoms with Gasteiger partial charge in [-0.05, 0) is 43.5 Å². The number of anilines is 1. The second-order valence-corrected chi connectivity index (χ2v) is 7.15. The average molecular weight is 384 g/mol. The third kappa shape index (κ3) is 5.35. The van der Waals surface area contributed by atoms with Crippen molar-refractivity contribution in [2.45, 2.75) is 31.5 Å². The van der Waals surface area contributed by atoms with Crippen LogP contribution in [0.2, 0.25) is 0 Å². The molecule has 0 radical (unpaired) electrons. The molecular weight excluding hydrogens is 357 g/mol. The molecule has 5 nitrogen and oxygen atoms in total. The minimum absolute atomic E-state index is 0.324. The lowest BCUT2D eigenvalue weighted by atomic mass is 10.1. The number of carbonyl (C=O) groups excluding carboxylic acids is 1. The van der Waals surface area contributed by atoms with Crippen LogP contribution in [-0.4, -0.2) is 68.8 Å². The molecule has 0 saturated carbocycles. The van der Waals surface area contributed by atoms with E-state index >= 15 is 0 Å². The van der Waals surface area contributed by atoms with Gasteiger partial charge in [-0.1, -0.05) is 0 Å². The fourth-order valence-corrected chi connectivity index (χ4v) is 3.71. The first-order valence-electron chi connectivity index (χ1n) is 9.60. The van der Waals surface area contributed by atoms with E-state index < -0.39 is 24.7 Å². The van der Waals surface area contributed by atoms with Crippen molar-refractivity contribution in [2.75, 3.05) is 50.7 Å². The smallest absolute Gasteiger partial charge is 0.372 e. The van der Waals surface area contributed by atoms with Gasteiger partial charge in [-0.2, -0.15) is 13.2 Å². The molecule has 27 heavy (non-hydrogen) atoms. The first kappa shape index (κ1) is 19.9. The van der Waals surface area contributed by atoms with Gasteiger partial charge in [0.15, 0.2) is 0 Å². The molecule has 1 atom stereocenters. The van der Waals surface area contributed by atoms with E-state index in [1.165, 1.54) is 11.3 Å². The Labute approximate surface area is 157 Å². The molecule has 0 aromatic heterocycles. The van der Waals surface area contributed by atoms with Crippen LogP contribution >= 0.6 is 0 Å². The van der Waals surface area contributed by atoms with Gasteiger partial charge in [0, 0.05) is 57.1 Å². The minimum Gasteiger partial charge on any atom is -0.372 e. The second-order valence-electron chi connectivity index (χ2n) is 7.15. The number of halogens is 3. The number of piperidine rings is 1. The molecule has 2 N–H and O–H groups in total. The Bertz CT molecular complexity index is 608. The van der Waals surface area contributed by atoms with Crippen molar-refractivity contribution >= 4 is 11.6 Å². The summed E-state index contributed by atoms with van der Waals surface area (Å²) in [5.74, 6) is -0.468. The van der Waals surface area contributed by atoms with Crippen molar-refractivity contribution in [3.05, 3.63) is 29.8 Å². The maximum Gasteiger partial charge on any atom is 0.405 e. The number of rotatable bonds is 5. The highest BCUT2D eigenvalue weighted by Gasteiger charge is 2.43. The third-order valence-corrected chi connectivity index (χ3v) is 5.28. The summed E-state index contributed by atoms with van der Waals surface area (Å²) in [7, 11) is 0. The van der Waals surface area contributed by atoms with Crippen LogP contribution in [0.1, 0.15) is 29.6 Å². The van der Waals surface area contributed by atoms with Gasteiger partial charge in [0.25, 0.3) is 5.91 Å². The van der Waals surface area contributed by atoms with Crippen LogP contribution in [0.5, 0.6) is 0 Å². The van der Waals surface area contributed by atoms with Gasteiger partial charge in [0.05, 0.1) is 0 Å². The molecule has 2 saturated heterocycles. The summed E-state index contributed by atoms with van der Waals surface area (Å²) in [6.45, 7) is 3.27. The molecule has 0 bridgehead atoms. The topological polar surface area (TPSA) is 47.6 Å². The van der Waals surface area contributed by atoms with E-state index in [2.05, 4.69) is 15.5 Å². The molecule has 2 aliphatic rings. The molecule has 8 heteroatoms. The van der Waals surface area contributed by atoms with Gasteiger partial charge in [0.2, 0.25) is 0 Å². The van der Waals surface area contributed by atoms with Crippen molar-refractivity contribution < 1.29 is 18.0 Å². The molecule has 3 rings (SSSR count). The number of nitrogens with one attached hydrogen (secondary N) is 2. The number of benzene rings is 1. The first-order valence-corrected chi connectivity index (χ1v) is 9.60. The van der Waals surface area contributed by atoms with E-state index in [1.54, 1.807) is 12.1 Å². The number of piperazine rings is 1. The zero-order valence-electron chi connectivity index (χ0n) is 15.4. The normalized spacial score (nSPS) is 20.3. The Morgan fingerprint density at radius 2 is 1.67 bits per heavy atom. The van der Waals surface area contributed by atoms with Gasteiger partial charge in [-0.15, -0.1) is 0 Å². The van der Waals surface area contributed by atoms with Gasteiger partial charge in [-0.3, -0.25) is 9.69 Å². The Balaban J connectivity index is 1.58. The predicted molar refractivity (Wildman–Crippen MR) is 99.1 cm³/mol. The SMILES string of the molecule is O=C(NCC(N1CCNCC1)C(F)(F)F)c1ccc(N2CCCCC2)cc1. The zero-order chi connectivity index (χ0) is 19.3. The molecule has 150 valence electrons. The summed E-state index contributed by atoms with van der Waals surface area (Å²) in [6, 6.07) is 5.46. The van der Waals surface area contributed by atoms with E-state index in [0.717, 1.165) is 31.6 Å². The maximum absolute atomic E-state index is 13.4. The summed E-state index contributed by atoms with van der Waals surface area (Å²) in [5.41, 5.74) is 1.44. The summed E-state index contributed by atoms with van der Waals surface area (Å²) in [6.07, 6.45) is -0.812. The van der Waals surface area contributed by atoms with Gasteiger partial charge >= 0.3 is 6.18 Å². The van der Waals surface area contributed by atoms with Gasteiger partial charge in [0.1, 0.15) is 6.04 Å². The third-order valence-electron chi connectivity index (χ3n) is 5.28. The van der Waals surface area contributed by atoms with Crippen LogP contribution < -0.4 is 15.5 Å². The van der Waals surface area contributed by atoms with Crippen molar-refractivity contribution in [2.24, 2.45) is 0 Å². The van der Waals surface area contributed by atoms with Crippen LogP contribution in [0.3, 0.4) is 0 Å². The summed E-state index contributed by atoms with van der Waals surface area (Å²) >= 11 is 0. The number of amides is 1. The Hall–Kier alpha value is -1.80. The number of hydrogen-bond acceptors (Lipinski definition) is 4.